The largest absolute Gasteiger partial charge is 0.504 e. The zero-order chi connectivity index (χ0) is 20.8. The number of rotatable bonds is 3. The second-order valence-electron chi connectivity index (χ2n) is 7.68. The summed E-state index contributed by atoms with van der Waals surface area (Å²) < 4.78 is 5.45. The molecular weight excluding hydrogens is 419 g/mol. The second kappa shape index (κ2) is 10.6. The van der Waals surface area contributed by atoms with Crippen LogP contribution in [-0.2, 0) is 0 Å². The minimum Gasteiger partial charge on any atom is -0.504 e. The minimum atomic E-state index is -0.0523. The van der Waals surface area contributed by atoms with Crippen LogP contribution in [-0.4, -0.2) is 16.3 Å². The predicted octanol–water partition coefficient (Wildman–Crippen LogP) is 7.58. The van der Waals surface area contributed by atoms with Crippen molar-refractivity contribution in [3.63, 3.8) is 0 Å². The fourth-order valence-corrected chi connectivity index (χ4v) is 4.02. The van der Waals surface area contributed by atoms with E-state index < -0.39 is 0 Å². The topological polar surface area (TPSA) is 49.7 Å². The van der Waals surface area contributed by atoms with E-state index in [9.17, 15) is 10.2 Å². The van der Waals surface area contributed by atoms with E-state index in [0.29, 0.717) is 32.7 Å². The van der Waals surface area contributed by atoms with Gasteiger partial charge in [-0.05, 0) is 60.9 Å². The van der Waals surface area contributed by atoms with E-state index in [-0.39, 0.29) is 17.6 Å². The van der Waals surface area contributed by atoms with Crippen LogP contribution in [0, 0.1) is 17.8 Å². The zero-order valence-electron chi connectivity index (χ0n) is 16.3. The van der Waals surface area contributed by atoms with Crippen LogP contribution < -0.4 is 4.74 Å². The van der Waals surface area contributed by atoms with Crippen molar-refractivity contribution in [2.45, 2.75) is 46.1 Å². The third-order valence-corrected chi connectivity index (χ3v) is 5.79. The number of benzene rings is 2. The molecule has 3 atom stereocenters. The van der Waals surface area contributed by atoms with Gasteiger partial charge in [-0.25, -0.2) is 0 Å². The van der Waals surface area contributed by atoms with E-state index in [2.05, 4.69) is 20.8 Å². The Morgan fingerprint density at radius 1 is 0.964 bits per heavy atom. The molecule has 3 rings (SSSR count). The molecule has 0 aromatic heterocycles. The Morgan fingerprint density at radius 2 is 1.57 bits per heavy atom. The number of ether oxygens (including phenoxy) is 1. The van der Waals surface area contributed by atoms with Gasteiger partial charge in [0, 0.05) is 16.1 Å². The highest BCUT2D eigenvalue weighted by Gasteiger charge is 2.28. The van der Waals surface area contributed by atoms with Crippen molar-refractivity contribution in [2.24, 2.45) is 17.8 Å². The maximum atomic E-state index is 9.71. The van der Waals surface area contributed by atoms with E-state index in [4.69, 9.17) is 39.5 Å². The number of phenols is 1. The Balaban J connectivity index is 0.000000221. The summed E-state index contributed by atoms with van der Waals surface area (Å²) in [5, 5.41) is 20.6. The van der Waals surface area contributed by atoms with Gasteiger partial charge in [-0.3, -0.25) is 0 Å². The van der Waals surface area contributed by atoms with Crippen LogP contribution >= 0.6 is 34.8 Å². The summed E-state index contributed by atoms with van der Waals surface area (Å²) >= 11 is 17.4. The molecule has 28 heavy (non-hydrogen) atoms. The lowest BCUT2D eigenvalue weighted by Crippen LogP contribution is -2.31. The lowest BCUT2D eigenvalue weighted by molar-refractivity contribution is 0.0266. The van der Waals surface area contributed by atoms with Crippen LogP contribution in [0.2, 0.25) is 15.1 Å². The summed E-state index contributed by atoms with van der Waals surface area (Å²) in [5.41, 5.74) is 0. The lowest BCUT2D eigenvalue weighted by Gasteiger charge is -2.33. The van der Waals surface area contributed by atoms with Crippen LogP contribution in [0.25, 0.3) is 0 Å². The second-order valence-corrected chi connectivity index (χ2v) is 8.96. The molecule has 1 saturated carbocycles. The highest BCUT2D eigenvalue weighted by Crippen LogP contribution is 2.36. The minimum absolute atomic E-state index is 0.0289. The van der Waals surface area contributed by atoms with Crippen molar-refractivity contribution in [1.82, 2.24) is 0 Å². The molecule has 1 fully saturated rings. The van der Waals surface area contributed by atoms with Gasteiger partial charge in [-0.2, -0.15) is 0 Å². The van der Waals surface area contributed by atoms with Crippen molar-refractivity contribution < 1.29 is 14.9 Å². The Labute approximate surface area is 182 Å². The van der Waals surface area contributed by atoms with E-state index in [1.165, 1.54) is 18.9 Å². The normalized spacial score (nSPS) is 21.8. The third kappa shape index (κ3) is 6.73. The van der Waals surface area contributed by atoms with Crippen molar-refractivity contribution in [3.05, 3.63) is 51.5 Å². The van der Waals surface area contributed by atoms with Crippen molar-refractivity contribution in [3.8, 4) is 17.2 Å². The van der Waals surface area contributed by atoms with E-state index in [1.54, 1.807) is 30.3 Å². The first-order valence-corrected chi connectivity index (χ1v) is 10.6. The predicted molar refractivity (Wildman–Crippen MR) is 117 cm³/mol. The molecule has 6 heteroatoms. The molecule has 0 aliphatic heterocycles. The highest BCUT2D eigenvalue weighted by atomic mass is 35.5. The molecule has 154 valence electrons. The monoisotopic (exact) mass is 444 g/mol. The number of aromatic hydroxyl groups is 1. The lowest BCUT2D eigenvalue weighted by atomic mass is 9.75. The SMILES string of the molecule is CC1CCC(C(C)C)C(O)C1.Oc1cc(Cl)ccc1Oc1ccc(Cl)cc1Cl. The smallest absolute Gasteiger partial charge is 0.169 e. The maximum Gasteiger partial charge on any atom is 0.169 e. The molecule has 3 unspecified atom stereocenters. The van der Waals surface area contributed by atoms with Crippen LogP contribution in [0.5, 0.6) is 17.2 Å². The molecule has 3 nitrogen and oxygen atoms in total. The molecule has 0 spiro atoms. The Bertz CT molecular complexity index is 730. The fourth-order valence-electron chi connectivity index (χ4n) is 3.41. The first-order valence-electron chi connectivity index (χ1n) is 9.46. The van der Waals surface area contributed by atoms with Crippen LogP contribution in [0.3, 0.4) is 0 Å². The maximum absolute atomic E-state index is 9.71. The molecule has 0 bridgehead atoms. The van der Waals surface area contributed by atoms with Crippen molar-refractivity contribution in [2.75, 3.05) is 0 Å². The molecule has 0 amide bonds. The highest BCUT2D eigenvalue weighted by molar-refractivity contribution is 6.35. The third-order valence-electron chi connectivity index (χ3n) is 5.02. The zero-order valence-corrected chi connectivity index (χ0v) is 18.6. The molecular formula is C22H27Cl3O3. The number of aliphatic hydroxyl groups is 1. The summed E-state index contributed by atoms with van der Waals surface area (Å²) in [6.07, 6.45) is 3.52. The number of hydrogen-bond donors (Lipinski definition) is 2. The Hall–Kier alpha value is -1.13. The van der Waals surface area contributed by atoms with Gasteiger partial charge >= 0.3 is 0 Å². The first-order chi connectivity index (χ1) is 13.2. The number of aliphatic hydroxyl groups excluding tert-OH is 1. The molecule has 2 aromatic rings. The van der Waals surface area contributed by atoms with E-state index in [1.807, 2.05) is 0 Å². The van der Waals surface area contributed by atoms with Gasteiger partial charge in [0.25, 0.3) is 0 Å². The van der Waals surface area contributed by atoms with E-state index >= 15 is 0 Å². The molecule has 1 aliphatic rings. The van der Waals surface area contributed by atoms with Gasteiger partial charge in [0.2, 0.25) is 0 Å². The van der Waals surface area contributed by atoms with Crippen molar-refractivity contribution in [1.29, 1.82) is 0 Å². The molecule has 0 heterocycles. The molecule has 2 N–H and O–H groups in total. The number of halogens is 3. The Kier molecular flexibility index (Phi) is 8.76. The van der Waals surface area contributed by atoms with Crippen LogP contribution in [0.4, 0.5) is 0 Å². The van der Waals surface area contributed by atoms with Gasteiger partial charge in [-0.15, -0.1) is 0 Å². The average molecular weight is 446 g/mol. The molecule has 0 saturated heterocycles. The average Bonchev–Trinajstić information content (AvgIpc) is 2.59. The Morgan fingerprint density at radius 3 is 2.11 bits per heavy atom. The van der Waals surface area contributed by atoms with Crippen LogP contribution in [0.1, 0.15) is 40.0 Å². The summed E-state index contributed by atoms with van der Waals surface area (Å²) in [5.74, 6) is 2.58. The number of hydrogen-bond acceptors (Lipinski definition) is 3. The fraction of sp³-hybridized carbons (Fsp3) is 0.455. The van der Waals surface area contributed by atoms with E-state index in [0.717, 1.165) is 12.3 Å². The number of phenolic OH excluding ortho intramolecular Hbond substituents is 1. The quantitative estimate of drug-likeness (QED) is 0.511. The van der Waals surface area contributed by atoms with Gasteiger partial charge in [-0.1, -0.05) is 62.0 Å². The molecule has 0 radical (unpaired) electrons. The summed E-state index contributed by atoms with van der Waals surface area (Å²) in [4.78, 5) is 0. The van der Waals surface area contributed by atoms with Gasteiger partial charge < -0.3 is 14.9 Å². The van der Waals surface area contributed by atoms with Crippen LogP contribution in [0.15, 0.2) is 36.4 Å². The summed E-state index contributed by atoms with van der Waals surface area (Å²) in [7, 11) is 0. The van der Waals surface area contributed by atoms with Gasteiger partial charge in [0.15, 0.2) is 11.5 Å². The first kappa shape index (κ1) is 23.2. The van der Waals surface area contributed by atoms with Gasteiger partial charge in [0.1, 0.15) is 5.75 Å². The standard InChI is InChI=1S/C12H7Cl3O2.C10H20O/c13-7-1-3-11(9(15)5-7)17-12-4-2-8(14)6-10(12)16;1-7(2)9-5-4-8(3)6-10(9)11/h1-6,16H;7-11H,4-6H2,1-3H3. The summed E-state index contributed by atoms with van der Waals surface area (Å²) in [6, 6.07) is 9.39. The van der Waals surface area contributed by atoms with Crippen molar-refractivity contribution >= 4 is 34.8 Å². The summed E-state index contributed by atoms with van der Waals surface area (Å²) in [6.45, 7) is 6.66. The molecule has 2 aromatic carbocycles. The molecule has 1 aliphatic carbocycles. The van der Waals surface area contributed by atoms with Gasteiger partial charge in [0.05, 0.1) is 11.1 Å².